The van der Waals surface area contributed by atoms with Crippen molar-refractivity contribution in [1.29, 1.82) is 0 Å². The molecule has 0 aliphatic carbocycles. The molecular weight excluding hydrogens is 322 g/mol. The van der Waals surface area contributed by atoms with Gasteiger partial charge < -0.3 is 5.32 Å². The monoisotopic (exact) mass is 339 g/mol. The molecular formula is C19H18ClN3O. The van der Waals surface area contributed by atoms with Gasteiger partial charge in [0.25, 0.3) is 5.91 Å². The molecule has 0 fully saturated rings. The summed E-state index contributed by atoms with van der Waals surface area (Å²) < 4.78 is 1.72. The third-order valence-electron chi connectivity index (χ3n) is 3.86. The molecule has 0 radical (unpaired) electrons. The van der Waals surface area contributed by atoms with Crippen LogP contribution in [0.2, 0.25) is 5.02 Å². The van der Waals surface area contributed by atoms with E-state index in [1.807, 2.05) is 56.3 Å². The van der Waals surface area contributed by atoms with Crippen LogP contribution in [0.15, 0.2) is 54.7 Å². The Morgan fingerprint density at radius 2 is 1.96 bits per heavy atom. The van der Waals surface area contributed by atoms with Crippen LogP contribution in [-0.4, -0.2) is 15.7 Å². The van der Waals surface area contributed by atoms with Gasteiger partial charge in [-0.3, -0.25) is 4.79 Å². The molecule has 0 bridgehead atoms. The van der Waals surface area contributed by atoms with Crippen molar-refractivity contribution < 1.29 is 4.79 Å². The van der Waals surface area contributed by atoms with E-state index < -0.39 is 0 Å². The highest BCUT2D eigenvalue weighted by Gasteiger charge is 2.12. The van der Waals surface area contributed by atoms with Gasteiger partial charge in [0.05, 0.1) is 12.7 Å². The molecule has 4 nitrogen and oxygen atoms in total. The van der Waals surface area contributed by atoms with Crippen LogP contribution in [0.1, 0.15) is 27.0 Å². The van der Waals surface area contributed by atoms with E-state index in [-0.39, 0.29) is 5.91 Å². The first-order valence-corrected chi connectivity index (χ1v) is 8.06. The molecule has 1 aromatic heterocycles. The lowest BCUT2D eigenvalue weighted by Gasteiger charge is -2.11. The maximum absolute atomic E-state index is 12.5. The standard InChI is InChI=1S/C19H18ClN3O/c1-13-7-8-16(14(2)11-13)19(24)22-18-9-10-21-23(18)12-15-5-3-4-6-17(15)20/h3-11H,12H2,1-2H3,(H,22,24). The molecule has 0 saturated carbocycles. The minimum Gasteiger partial charge on any atom is -0.307 e. The van der Waals surface area contributed by atoms with Crippen molar-refractivity contribution in [2.75, 3.05) is 5.32 Å². The number of hydrogen-bond donors (Lipinski definition) is 1. The van der Waals surface area contributed by atoms with Crippen molar-refractivity contribution in [3.05, 3.63) is 82.0 Å². The first-order chi connectivity index (χ1) is 11.5. The number of nitrogens with zero attached hydrogens (tertiary/aromatic N) is 2. The van der Waals surface area contributed by atoms with E-state index in [2.05, 4.69) is 10.4 Å². The molecule has 1 heterocycles. The second kappa shape index (κ2) is 6.89. The third kappa shape index (κ3) is 3.49. The van der Waals surface area contributed by atoms with Gasteiger partial charge in [0.15, 0.2) is 0 Å². The van der Waals surface area contributed by atoms with Crippen LogP contribution < -0.4 is 5.32 Å². The zero-order chi connectivity index (χ0) is 17.1. The predicted molar refractivity (Wildman–Crippen MR) is 96.7 cm³/mol. The molecule has 122 valence electrons. The molecule has 3 rings (SSSR count). The zero-order valence-corrected chi connectivity index (χ0v) is 14.3. The highest BCUT2D eigenvalue weighted by Crippen LogP contribution is 2.19. The van der Waals surface area contributed by atoms with Crippen molar-refractivity contribution in [3.8, 4) is 0 Å². The van der Waals surface area contributed by atoms with Gasteiger partial charge >= 0.3 is 0 Å². The Bertz CT molecular complexity index is 886. The number of anilines is 1. The Balaban J connectivity index is 1.80. The second-order valence-corrected chi connectivity index (χ2v) is 6.15. The van der Waals surface area contributed by atoms with Crippen molar-refractivity contribution in [2.45, 2.75) is 20.4 Å². The van der Waals surface area contributed by atoms with Gasteiger partial charge in [-0.05, 0) is 37.1 Å². The van der Waals surface area contributed by atoms with Crippen LogP contribution in [0.5, 0.6) is 0 Å². The number of carbonyl (C=O) groups is 1. The number of aromatic nitrogens is 2. The molecule has 3 aromatic rings. The van der Waals surface area contributed by atoms with Crippen LogP contribution in [0.3, 0.4) is 0 Å². The van der Waals surface area contributed by atoms with E-state index in [0.717, 1.165) is 16.7 Å². The van der Waals surface area contributed by atoms with E-state index in [4.69, 9.17) is 11.6 Å². The van der Waals surface area contributed by atoms with Gasteiger partial charge in [0.2, 0.25) is 0 Å². The minimum atomic E-state index is -0.145. The van der Waals surface area contributed by atoms with E-state index in [9.17, 15) is 4.79 Å². The molecule has 5 heteroatoms. The number of hydrogen-bond acceptors (Lipinski definition) is 2. The lowest BCUT2D eigenvalue weighted by atomic mass is 10.1. The fourth-order valence-electron chi connectivity index (χ4n) is 2.60. The molecule has 0 atom stereocenters. The SMILES string of the molecule is Cc1ccc(C(=O)Nc2ccnn2Cc2ccccc2Cl)c(C)c1. The molecule has 2 aromatic carbocycles. The molecule has 0 saturated heterocycles. The summed E-state index contributed by atoms with van der Waals surface area (Å²) in [6.45, 7) is 4.44. The van der Waals surface area contributed by atoms with Crippen molar-refractivity contribution in [1.82, 2.24) is 9.78 Å². The summed E-state index contributed by atoms with van der Waals surface area (Å²) in [5.74, 6) is 0.494. The summed E-state index contributed by atoms with van der Waals surface area (Å²) in [4.78, 5) is 12.5. The largest absolute Gasteiger partial charge is 0.307 e. The minimum absolute atomic E-state index is 0.145. The Hall–Kier alpha value is -2.59. The van der Waals surface area contributed by atoms with E-state index >= 15 is 0 Å². The third-order valence-corrected chi connectivity index (χ3v) is 4.23. The second-order valence-electron chi connectivity index (χ2n) is 5.74. The summed E-state index contributed by atoms with van der Waals surface area (Å²) in [7, 11) is 0. The Morgan fingerprint density at radius 3 is 2.71 bits per heavy atom. The predicted octanol–water partition coefficient (Wildman–Crippen LogP) is 4.45. The fraction of sp³-hybridized carbons (Fsp3) is 0.158. The van der Waals surface area contributed by atoms with Crippen LogP contribution >= 0.6 is 11.6 Å². The maximum atomic E-state index is 12.5. The highest BCUT2D eigenvalue weighted by atomic mass is 35.5. The summed E-state index contributed by atoms with van der Waals surface area (Å²) in [6.07, 6.45) is 1.66. The average Bonchev–Trinajstić information content (AvgIpc) is 2.96. The quantitative estimate of drug-likeness (QED) is 0.763. The average molecular weight is 340 g/mol. The van der Waals surface area contributed by atoms with Crippen LogP contribution in [0, 0.1) is 13.8 Å². The van der Waals surface area contributed by atoms with Gasteiger partial charge in [-0.1, -0.05) is 47.5 Å². The van der Waals surface area contributed by atoms with E-state index in [1.165, 1.54) is 0 Å². The zero-order valence-electron chi connectivity index (χ0n) is 13.6. The summed E-state index contributed by atoms with van der Waals surface area (Å²) in [6, 6.07) is 15.1. The molecule has 1 amide bonds. The molecule has 0 aliphatic heterocycles. The topological polar surface area (TPSA) is 46.9 Å². The lowest BCUT2D eigenvalue weighted by Crippen LogP contribution is -2.17. The molecule has 0 spiro atoms. The van der Waals surface area contributed by atoms with Crippen molar-refractivity contribution in [3.63, 3.8) is 0 Å². The maximum Gasteiger partial charge on any atom is 0.257 e. The summed E-state index contributed by atoms with van der Waals surface area (Å²) in [5, 5.41) is 7.88. The van der Waals surface area contributed by atoms with Gasteiger partial charge in [-0.25, -0.2) is 4.68 Å². The van der Waals surface area contributed by atoms with Crippen LogP contribution in [-0.2, 0) is 6.54 Å². The normalized spacial score (nSPS) is 10.6. The molecule has 0 unspecified atom stereocenters. The van der Waals surface area contributed by atoms with Gasteiger partial charge in [-0.2, -0.15) is 5.10 Å². The number of carbonyl (C=O) groups excluding carboxylic acids is 1. The van der Waals surface area contributed by atoms with Gasteiger partial charge in [-0.15, -0.1) is 0 Å². The van der Waals surface area contributed by atoms with Gasteiger partial charge in [0.1, 0.15) is 5.82 Å². The highest BCUT2D eigenvalue weighted by molar-refractivity contribution is 6.31. The summed E-state index contributed by atoms with van der Waals surface area (Å²) in [5.41, 5.74) is 3.69. The Labute approximate surface area is 146 Å². The van der Waals surface area contributed by atoms with Crippen molar-refractivity contribution >= 4 is 23.3 Å². The smallest absolute Gasteiger partial charge is 0.257 e. The Morgan fingerprint density at radius 1 is 1.17 bits per heavy atom. The van der Waals surface area contributed by atoms with Crippen LogP contribution in [0.25, 0.3) is 0 Å². The lowest BCUT2D eigenvalue weighted by molar-refractivity contribution is 0.102. The Kier molecular flexibility index (Phi) is 4.67. The van der Waals surface area contributed by atoms with Gasteiger partial charge in [0, 0.05) is 16.7 Å². The fourth-order valence-corrected chi connectivity index (χ4v) is 2.80. The number of aryl methyl sites for hydroxylation is 2. The molecule has 1 N–H and O–H groups in total. The van der Waals surface area contributed by atoms with Crippen LogP contribution in [0.4, 0.5) is 5.82 Å². The van der Waals surface area contributed by atoms with Crippen molar-refractivity contribution in [2.24, 2.45) is 0 Å². The number of nitrogens with one attached hydrogen (secondary N) is 1. The number of halogens is 1. The number of benzene rings is 2. The molecule has 24 heavy (non-hydrogen) atoms. The first-order valence-electron chi connectivity index (χ1n) is 7.68. The summed E-state index contributed by atoms with van der Waals surface area (Å²) >= 11 is 6.20. The number of amides is 1. The molecule has 0 aliphatic rings. The van der Waals surface area contributed by atoms with E-state index in [1.54, 1.807) is 16.9 Å². The number of rotatable bonds is 4. The first kappa shape index (κ1) is 16.3. The van der Waals surface area contributed by atoms with E-state index in [0.29, 0.717) is 22.9 Å².